The molecule has 2 aliphatic carbocycles. The van der Waals surface area contributed by atoms with Crippen molar-refractivity contribution >= 4 is 23.7 Å². The Hall–Kier alpha value is -2.43. The number of nitrogens with zero attached hydrogens (tertiary/aromatic N) is 1. The molecule has 3 rings (SSSR count). The van der Waals surface area contributed by atoms with Crippen LogP contribution in [0.15, 0.2) is 41.5 Å². The van der Waals surface area contributed by atoms with Crippen LogP contribution in [0.1, 0.15) is 44.0 Å². The zero-order valence-corrected chi connectivity index (χ0v) is 15.0. The molecule has 1 saturated carbocycles. The highest BCUT2D eigenvalue weighted by molar-refractivity contribution is 5.97. The van der Waals surface area contributed by atoms with Crippen LogP contribution in [0.3, 0.4) is 0 Å². The molecule has 3 atom stereocenters. The molecular formula is C20H25N3O2. The maximum Gasteiger partial charge on any atom is 0.271 e. The third-order valence-electron chi connectivity index (χ3n) is 4.85. The lowest BCUT2D eigenvalue weighted by atomic mass is 9.95. The minimum absolute atomic E-state index is 0.0609. The average Bonchev–Trinajstić information content (AvgIpc) is 3.17. The predicted octanol–water partition coefficient (Wildman–Crippen LogP) is 3.60. The number of allylic oxidation sites excluding steroid dienone is 2. The first-order valence-corrected chi connectivity index (χ1v) is 8.76. The largest absolute Gasteiger partial charge is 0.326 e. The minimum atomic E-state index is -0.459. The van der Waals surface area contributed by atoms with Gasteiger partial charge >= 0.3 is 0 Å². The van der Waals surface area contributed by atoms with Crippen LogP contribution in [0.2, 0.25) is 0 Å². The molecule has 0 unspecified atom stereocenters. The Morgan fingerprint density at radius 1 is 1.12 bits per heavy atom. The molecule has 0 aromatic heterocycles. The van der Waals surface area contributed by atoms with Gasteiger partial charge in [0.05, 0.1) is 0 Å². The maximum absolute atomic E-state index is 12.1. The smallest absolute Gasteiger partial charge is 0.271 e. The van der Waals surface area contributed by atoms with E-state index < -0.39 is 5.41 Å². The summed E-state index contributed by atoms with van der Waals surface area (Å²) in [6.07, 6.45) is 8.75. The van der Waals surface area contributed by atoms with Gasteiger partial charge in [0.25, 0.3) is 5.91 Å². The van der Waals surface area contributed by atoms with Gasteiger partial charge in [0.1, 0.15) is 0 Å². The first-order valence-electron chi connectivity index (χ1n) is 8.76. The van der Waals surface area contributed by atoms with Crippen LogP contribution in [-0.4, -0.2) is 18.0 Å². The number of rotatable bonds is 4. The summed E-state index contributed by atoms with van der Waals surface area (Å²) in [4.78, 5) is 24.1. The van der Waals surface area contributed by atoms with Crippen molar-refractivity contribution in [2.75, 3.05) is 5.32 Å². The lowest BCUT2D eigenvalue weighted by Crippen LogP contribution is -2.27. The van der Waals surface area contributed by atoms with Crippen molar-refractivity contribution in [3.63, 3.8) is 0 Å². The summed E-state index contributed by atoms with van der Waals surface area (Å²) in [6, 6.07) is 6.82. The fraction of sp³-hybridized carbons (Fsp3) is 0.450. The number of hydrogen-bond acceptors (Lipinski definition) is 3. The SMILES string of the molecule is CC(C)(C)C(=O)Nc1ccc(C(=O)N/N=C\[C@@H]2C[C@@H]3C=C[C@H]2C3)cc1. The topological polar surface area (TPSA) is 70.6 Å². The lowest BCUT2D eigenvalue weighted by Gasteiger charge is -2.17. The molecule has 0 spiro atoms. The van der Waals surface area contributed by atoms with E-state index in [4.69, 9.17) is 0 Å². The van der Waals surface area contributed by atoms with Gasteiger partial charge < -0.3 is 5.32 Å². The van der Waals surface area contributed by atoms with E-state index in [1.54, 1.807) is 24.3 Å². The number of hydrogen-bond donors (Lipinski definition) is 2. The Kier molecular flexibility index (Phi) is 4.75. The monoisotopic (exact) mass is 339 g/mol. The van der Waals surface area contributed by atoms with Gasteiger partial charge in [-0.2, -0.15) is 5.10 Å². The van der Waals surface area contributed by atoms with Gasteiger partial charge in [0, 0.05) is 28.8 Å². The Labute approximate surface area is 148 Å². The van der Waals surface area contributed by atoms with Crippen molar-refractivity contribution < 1.29 is 9.59 Å². The number of fused-ring (bicyclic) bond motifs is 2. The van der Waals surface area contributed by atoms with E-state index in [9.17, 15) is 9.59 Å². The lowest BCUT2D eigenvalue weighted by molar-refractivity contribution is -0.123. The minimum Gasteiger partial charge on any atom is -0.326 e. The van der Waals surface area contributed by atoms with Crippen LogP contribution in [0.25, 0.3) is 0 Å². The van der Waals surface area contributed by atoms with Gasteiger partial charge in [-0.15, -0.1) is 0 Å². The van der Waals surface area contributed by atoms with Gasteiger partial charge in [0.2, 0.25) is 5.91 Å². The van der Waals surface area contributed by atoms with Gasteiger partial charge in [0.15, 0.2) is 0 Å². The molecule has 1 aromatic rings. The summed E-state index contributed by atoms with van der Waals surface area (Å²) in [5, 5.41) is 6.96. The van der Waals surface area contributed by atoms with Crippen molar-refractivity contribution in [2.24, 2.45) is 28.3 Å². The first-order chi connectivity index (χ1) is 11.8. The average molecular weight is 339 g/mol. The molecule has 2 N–H and O–H groups in total. The highest BCUT2D eigenvalue weighted by atomic mass is 16.2. The number of amides is 2. The van der Waals surface area contributed by atoms with Crippen molar-refractivity contribution in [3.8, 4) is 0 Å². The molecule has 2 bridgehead atoms. The molecule has 2 amide bonds. The fourth-order valence-corrected chi connectivity index (χ4v) is 3.27. The van der Waals surface area contributed by atoms with E-state index in [0.717, 1.165) is 6.42 Å². The molecule has 2 aliphatic rings. The highest BCUT2D eigenvalue weighted by Gasteiger charge is 2.34. The van der Waals surface area contributed by atoms with Crippen LogP contribution in [0, 0.1) is 23.2 Å². The molecular weight excluding hydrogens is 314 g/mol. The summed E-state index contributed by atoms with van der Waals surface area (Å²) in [5.41, 5.74) is 3.32. The summed E-state index contributed by atoms with van der Waals surface area (Å²) in [5.74, 6) is 1.40. The normalized spacial score (nSPS) is 24.7. The second-order valence-corrected chi connectivity index (χ2v) is 7.94. The molecule has 1 fully saturated rings. The Bertz CT molecular complexity index is 713. The molecule has 0 radical (unpaired) electrons. The Morgan fingerprint density at radius 2 is 1.84 bits per heavy atom. The number of carbonyl (C=O) groups excluding carboxylic acids is 2. The fourth-order valence-electron chi connectivity index (χ4n) is 3.27. The van der Waals surface area contributed by atoms with Crippen molar-refractivity contribution in [1.82, 2.24) is 5.43 Å². The summed E-state index contributed by atoms with van der Waals surface area (Å²) in [6.45, 7) is 5.57. The van der Waals surface area contributed by atoms with E-state index in [-0.39, 0.29) is 11.8 Å². The molecule has 0 heterocycles. The number of carbonyl (C=O) groups is 2. The van der Waals surface area contributed by atoms with Crippen molar-refractivity contribution in [2.45, 2.75) is 33.6 Å². The number of nitrogens with one attached hydrogen (secondary N) is 2. The van der Waals surface area contributed by atoms with Crippen molar-refractivity contribution in [1.29, 1.82) is 0 Å². The summed E-state index contributed by atoms with van der Waals surface area (Å²) >= 11 is 0. The zero-order valence-electron chi connectivity index (χ0n) is 15.0. The van der Waals surface area contributed by atoms with Crippen LogP contribution >= 0.6 is 0 Å². The van der Waals surface area contributed by atoms with Crippen LogP contribution in [-0.2, 0) is 4.79 Å². The summed E-state index contributed by atoms with van der Waals surface area (Å²) < 4.78 is 0. The molecule has 5 nitrogen and oxygen atoms in total. The molecule has 25 heavy (non-hydrogen) atoms. The van der Waals surface area contributed by atoms with Gasteiger partial charge in [-0.25, -0.2) is 5.43 Å². The number of anilines is 1. The first kappa shape index (κ1) is 17.4. The third kappa shape index (κ3) is 4.16. The van der Waals surface area contributed by atoms with E-state index in [0.29, 0.717) is 29.0 Å². The van der Waals surface area contributed by atoms with Gasteiger partial charge in [-0.1, -0.05) is 32.9 Å². The third-order valence-corrected chi connectivity index (χ3v) is 4.85. The number of hydrazone groups is 1. The predicted molar refractivity (Wildman–Crippen MR) is 99.3 cm³/mol. The highest BCUT2D eigenvalue weighted by Crippen LogP contribution is 2.42. The van der Waals surface area contributed by atoms with Gasteiger partial charge in [-0.05, 0) is 48.9 Å². The van der Waals surface area contributed by atoms with E-state index in [1.165, 1.54) is 6.42 Å². The quantitative estimate of drug-likeness (QED) is 0.500. The van der Waals surface area contributed by atoms with Gasteiger partial charge in [-0.3, -0.25) is 9.59 Å². The van der Waals surface area contributed by atoms with Crippen LogP contribution < -0.4 is 10.7 Å². The van der Waals surface area contributed by atoms with Crippen molar-refractivity contribution in [3.05, 3.63) is 42.0 Å². The molecule has 5 heteroatoms. The standard InChI is InChI=1S/C20H25N3O2/c1-20(2,3)19(25)22-17-8-6-14(7-9-17)18(24)23-21-12-16-11-13-4-5-15(16)10-13/h4-9,12-13,15-16H,10-11H2,1-3H3,(H,22,25)(H,23,24)/b21-12-/t13-,15+,16+/m1/s1. The van der Waals surface area contributed by atoms with Crippen LogP contribution in [0.5, 0.6) is 0 Å². The second-order valence-electron chi connectivity index (χ2n) is 7.94. The van der Waals surface area contributed by atoms with E-state index >= 15 is 0 Å². The zero-order chi connectivity index (χ0) is 18.0. The summed E-state index contributed by atoms with van der Waals surface area (Å²) in [7, 11) is 0. The van der Waals surface area contributed by atoms with Crippen LogP contribution in [0.4, 0.5) is 5.69 Å². The second kappa shape index (κ2) is 6.82. The van der Waals surface area contributed by atoms with E-state index in [2.05, 4.69) is 28.0 Å². The Balaban J connectivity index is 1.52. The maximum atomic E-state index is 12.1. The van der Waals surface area contributed by atoms with E-state index in [1.807, 2.05) is 27.0 Å². The molecule has 1 aromatic carbocycles. The molecule has 0 saturated heterocycles. The Morgan fingerprint density at radius 3 is 2.40 bits per heavy atom. The number of benzene rings is 1. The molecule has 132 valence electrons. The molecule has 0 aliphatic heterocycles.